The van der Waals surface area contributed by atoms with Gasteiger partial charge >= 0.3 is 41.6 Å². The van der Waals surface area contributed by atoms with E-state index in [1.165, 1.54) is 29.6 Å². The van der Waals surface area contributed by atoms with Crippen LogP contribution in [0.2, 0.25) is 0 Å². The predicted octanol–water partition coefficient (Wildman–Crippen LogP) is -1.19. The molecule has 0 bridgehead atoms. The molecule has 2 heterocycles. The summed E-state index contributed by atoms with van der Waals surface area (Å²) >= 11 is 6.76. The molecule has 0 aliphatic carbocycles. The van der Waals surface area contributed by atoms with Crippen molar-refractivity contribution >= 4 is 79.9 Å². The molecule has 172 valence electrons. The van der Waals surface area contributed by atoms with Gasteiger partial charge in [0.15, 0.2) is 5.13 Å². The van der Waals surface area contributed by atoms with Crippen molar-refractivity contribution in [1.82, 2.24) is 9.88 Å². The Labute approximate surface area is 228 Å². The first-order valence-electron chi connectivity index (χ1n) is 9.14. The van der Waals surface area contributed by atoms with E-state index in [1.54, 1.807) is 6.92 Å². The minimum absolute atomic E-state index is 0. The second kappa shape index (κ2) is 12.4. The van der Waals surface area contributed by atoms with Crippen molar-refractivity contribution in [3.8, 4) is 0 Å². The van der Waals surface area contributed by atoms with E-state index in [9.17, 15) is 28.7 Å². The van der Waals surface area contributed by atoms with E-state index in [0.29, 0.717) is 5.69 Å². The van der Waals surface area contributed by atoms with Crippen LogP contribution in [0.25, 0.3) is 5.57 Å². The quantitative estimate of drug-likeness (QED) is 0.195. The number of aromatic nitrogens is 1. The number of amides is 3. The van der Waals surface area contributed by atoms with Gasteiger partial charge in [-0.05, 0) is 31.2 Å². The summed E-state index contributed by atoms with van der Waals surface area (Å²) in [7, 11) is 0. The van der Waals surface area contributed by atoms with E-state index in [1.807, 2.05) is 0 Å². The predicted molar refractivity (Wildman–Crippen MR) is 122 cm³/mol. The maximum Gasteiger partial charge on any atom is 1.00 e. The number of aliphatic carboxylic acids is 1. The van der Waals surface area contributed by atoms with Crippen molar-refractivity contribution in [2.75, 3.05) is 23.8 Å². The first kappa shape index (κ1) is 27.9. The molecule has 1 aliphatic heterocycles. The molecule has 1 aromatic heterocycles. The zero-order chi connectivity index (χ0) is 24.1. The Kier molecular flexibility index (Phi) is 10.1. The number of thiocarbonyl (C=S) groups is 1. The Hall–Kier alpha value is -2.36. The molecule has 15 heteroatoms. The second-order valence-corrected chi connectivity index (χ2v) is 8.68. The fourth-order valence-electron chi connectivity index (χ4n) is 2.57. The van der Waals surface area contributed by atoms with Crippen molar-refractivity contribution in [3.63, 3.8) is 0 Å². The summed E-state index contributed by atoms with van der Waals surface area (Å²) in [5, 5.41) is 17.4. The van der Waals surface area contributed by atoms with Crippen molar-refractivity contribution < 1.29 is 63.0 Å². The normalized spacial score (nSPS) is 14.4. The number of nitrogens with one attached hydrogen (secondary N) is 2. The van der Waals surface area contributed by atoms with Gasteiger partial charge in [-0.25, -0.2) is 19.0 Å². The zero-order valence-corrected chi connectivity index (χ0v) is 22.2. The van der Waals surface area contributed by atoms with Crippen LogP contribution in [0.4, 0.5) is 20.0 Å². The number of halogens is 1. The Morgan fingerprint density at radius 2 is 1.91 bits per heavy atom. The third kappa shape index (κ3) is 6.84. The number of ether oxygens (including phenoxy) is 1. The third-order valence-electron chi connectivity index (χ3n) is 3.93. The monoisotopic (exact) mass is 532 g/mol. The number of thiazole rings is 1. The van der Waals surface area contributed by atoms with Gasteiger partial charge < -0.3 is 20.0 Å². The first-order valence-corrected chi connectivity index (χ1v) is 11.2. The number of urea groups is 1. The zero-order valence-electron chi connectivity index (χ0n) is 17.7. The molecule has 2 N–H and O–H groups in total. The summed E-state index contributed by atoms with van der Waals surface area (Å²) in [6, 6.07) is 4.44. The van der Waals surface area contributed by atoms with Gasteiger partial charge in [0.2, 0.25) is 0 Å². The smallest absolute Gasteiger partial charge is 0.548 e. The van der Waals surface area contributed by atoms with Gasteiger partial charge in [0.1, 0.15) is 15.7 Å². The molecule has 0 saturated carbocycles. The molecular formula is C19H14FN4NaO6S3. The van der Waals surface area contributed by atoms with Crippen LogP contribution in [0.5, 0.6) is 0 Å². The van der Waals surface area contributed by atoms with E-state index in [-0.39, 0.29) is 61.8 Å². The number of rotatable bonds is 7. The summed E-state index contributed by atoms with van der Waals surface area (Å²) in [6.45, 7) is 0.819. The molecule has 3 amide bonds. The number of esters is 1. The number of hydrogen-bond acceptors (Lipinski definition) is 10. The largest absolute Gasteiger partial charge is 1.00 e. The SMILES string of the molecule is CCOC(=O)C(=C1SC(=S)N(CC(=O)[O-])C1=O)c1csc(NC(=O)Nc2ccc(F)cc2)n1.[Na+]. The first-order chi connectivity index (χ1) is 15.7. The van der Waals surface area contributed by atoms with E-state index < -0.39 is 36.2 Å². The summed E-state index contributed by atoms with van der Waals surface area (Å²) in [4.78, 5) is 53.3. The molecule has 0 spiro atoms. The number of carbonyl (C=O) groups excluding carboxylic acids is 4. The van der Waals surface area contributed by atoms with Crippen LogP contribution in [0, 0.1) is 5.82 Å². The summed E-state index contributed by atoms with van der Waals surface area (Å²) in [5.74, 6) is -3.63. The summed E-state index contributed by atoms with van der Waals surface area (Å²) < 4.78 is 18.0. The molecule has 0 unspecified atom stereocenters. The maximum atomic E-state index is 13.0. The van der Waals surface area contributed by atoms with Gasteiger partial charge in [-0.15, -0.1) is 11.3 Å². The third-order valence-corrected chi connectivity index (χ3v) is 6.13. The standard InChI is InChI=1S/C19H15FN4O6S3.Na/c1-2-30-16(28)13(14-15(27)24(7-12(25)26)19(31)33-14)11-8-32-18(22-11)23-17(29)21-10-5-3-9(20)4-6-10;/h3-6,8H,2,7H2,1H3,(H,25,26)(H2,21,22,23,29);/q;+1/p-1. The molecule has 1 fully saturated rings. The van der Waals surface area contributed by atoms with E-state index >= 15 is 0 Å². The van der Waals surface area contributed by atoms with Gasteiger partial charge in [0.05, 0.1) is 29.7 Å². The number of benzene rings is 1. The number of carboxylic acid groups (broad SMARTS) is 1. The van der Waals surface area contributed by atoms with Gasteiger partial charge in [0, 0.05) is 11.1 Å². The van der Waals surface area contributed by atoms with Gasteiger partial charge in [0.25, 0.3) is 5.91 Å². The number of hydrogen-bond donors (Lipinski definition) is 2. The fourth-order valence-corrected chi connectivity index (χ4v) is 4.58. The molecule has 1 aliphatic rings. The average Bonchev–Trinajstić information content (AvgIpc) is 3.30. The van der Waals surface area contributed by atoms with Crippen LogP contribution in [-0.2, 0) is 19.1 Å². The average molecular weight is 533 g/mol. The van der Waals surface area contributed by atoms with Gasteiger partial charge in [-0.2, -0.15) is 0 Å². The van der Waals surface area contributed by atoms with Crippen molar-refractivity contribution in [2.24, 2.45) is 0 Å². The van der Waals surface area contributed by atoms with Crippen molar-refractivity contribution in [2.45, 2.75) is 6.92 Å². The molecule has 2 aromatic rings. The van der Waals surface area contributed by atoms with Crippen molar-refractivity contribution in [1.29, 1.82) is 0 Å². The van der Waals surface area contributed by atoms with Crippen LogP contribution in [0.15, 0.2) is 34.6 Å². The molecule has 10 nitrogen and oxygen atoms in total. The second-order valence-electron chi connectivity index (χ2n) is 6.18. The number of thioether (sulfide) groups is 1. The van der Waals surface area contributed by atoms with Crippen LogP contribution < -0.4 is 45.3 Å². The van der Waals surface area contributed by atoms with Crippen LogP contribution in [0.3, 0.4) is 0 Å². The van der Waals surface area contributed by atoms with Crippen LogP contribution in [-0.4, -0.2) is 51.2 Å². The number of nitrogens with zero attached hydrogens (tertiary/aromatic N) is 2. The molecule has 0 radical (unpaired) electrons. The molecule has 34 heavy (non-hydrogen) atoms. The Balaban J connectivity index is 0.00000408. The Morgan fingerprint density at radius 1 is 1.24 bits per heavy atom. The maximum absolute atomic E-state index is 13.0. The fraction of sp³-hybridized carbons (Fsp3) is 0.158. The Bertz CT molecular complexity index is 1170. The van der Waals surface area contributed by atoms with Crippen LogP contribution >= 0.6 is 35.3 Å². The molecule has 1 saturated heterocycles. The number of anilines is 2. The molecule has 3 rings (SSSR count). The Morgan fingerprint density at radius 3 is 2.53 bits per heavy atom. The van der Waals surface area contributed by atoms with Crippen molar-refractivity contribution in [3.05, 3.63) is 46.1 Å². The molecular weight excluding hydrogens is 518 g/mol. The van der Waals surface area contributed by atoms with Gasteiger partial charge in [-0.1, -0.05) is 24.0 Å². The molecule has 0 atom stereocenters. The number of carbonyl (C=O) groups is 4. The number of carboxylic acids is 1. The van der Waals surface area contributed by atoms with E-state index in [4.69, 9.17) is 17.0 Å². The van der Waals surface area contributed by atoms with Gasteiger partial charge in [-0.3, -0.25) is 15.0 Å². The van der Waals surface area contributed by atoms with E-state index in [0.717, 1.165) is 28.0 Å². The topological polar surface area (TPSA) is 141 Å². The summed E-state index contributed by atoms with van der Waals surface area (Å²) in [6.07, 6.45) is 0. The van der Waals surface area contributed by atoms with Crippen LogP contribution in [0.1, 0.15) is 12.6 Å². The summed E-state index contributed by atoms with van der Waals surface area (Å²) in [5.41, 5.74) is 0.164. The minimum Gasteiger partial charge on any atom is -0.548 e. The van der Waals surface area contributed by atoms with E-state index in [2.05, 4.69) is 15.6 Å². The minimum atomic E-state index is -1.52. The molecule has 1 aromatic carbocycles.